The lowest BCUT2D eigenvalue weighted by molar-refractivity contribution is -0.141. The summed E-state index contributed by atoms with van der Waals surface area (Å²) in [6, 6.07) is 5.56. The largest absolute Gasteiger partial charge is 0.434 e. The van der Waals surface area contributed by atoms with Crippen LogP contribution in [0, 0.1) is 5.82 Å². The first-order valence-electron chi connectivity index (χ1n) is 5.40. The predicted octanol–water partition coefficient (Wildman–Crippen LogP) is 3.35. The van der Waals surface area contributed by atoms with E-state index in [2.05, 4.69) is 4.98 Å². The highest BCUT2D eigenvalue weighted by molar-refractivity contribution is 7.11. The second kappa shape index (κ2) is 5.26. The van der Waals surface area contributed by atoms with E-state index in [1.807, 2.05) is 0 Å². The summed E-state index contributed by atoms with van der Waals surface area (Å²) in [5.74, 6) is -0.387. The third-order valence-corrected chi connectivity index (χ3v) is 3.54. The SMILES string of the molecule is NCc1sc(Cc2ccc(F)cc2)nc1C(F)(F)F. The second-order valence-corrected chi connectivity index (χ2v) is 5.05. The van der Waals surface area contributed by atoms with Gasteiger partial charge in [-0.05, 0) is 17.7 Å². The van der Waals surface area contributed by atoms with E-state index in [0.29, 0.717) is 10.6 Å². The molecular weight excluding hydrogens is 280 g/mol. The molecule has 0 atom stereocenters. The van der Waals surface area contributed by atoms with Crippen molar-refractivity contribution in [2.75, 3.05) is 0 Å². The van der Waals surface area contributed by atoms with Gasteiger partial charge in [-0.15, -0.1) is 11.3 Å². The molecule has 0 aliphatic heterocycles. The minimum absolute atomic E-state index is 0.0182. The zero-order valence-electron chi connectivity index (χ0n) is 9.67. The Kier molecular flexibility index (Phi) is 3.86. The van der Waals surface area contributed by atoms with Gasteiger partial charge in [-0.25, -0.2) is 9.37 Å². The molecule has 0 saturated heterocycles. The van der Waals surface area contributed by atoms with E-state index in [9.17, 15) is 17.6 Å². The van der Waals surface area contributed by atoms with Gasteiger partial charge in [0.25, 0.3) is 0 Å². The summed E-state index contributed by atoms with van der Waals surface area (Å²) in [4.78, 5) is 3.61. The Morgan fingerprint density at radius 3 is 2.26 bits per heavy atom. The van der Waals surface area contributed by atoms with Gasteiger partial charge in [0.2, 0.25) is 0 Å². The van der Waals surface area contributed by atoms with Gasteiger partial charge in [-0.2, -0.15) is 13.2 Å². The molecule has 2 aromatic rings. The molecule has 0 bridgehead atoms. The highest BCUT2D eigenvalue weighted by Crippen LogP contribution is 2.34. The van der Waals surface area contributed by atoms with Crippen LogP contribution in [0.15, 0.2) is 24.3 Å². The van der Waals surface area contributed by atoms with Crippen molar-refractivity contribution in [1.82, 2.24) is 4.98 Å². The van der Waals surface area contributed by atoms with Gasteiger partial charge in [-0.1, -0.05) is 12.1 Å². The van der Waals surface area contributed by atoms with Gasteiger partial charge < -0.3 is 5.73 Å². The fourth-order valence-electron chi connectivity index (χ4n) is 1.61. The molecule has 7 heteroatoms. The molecule has 1 heterocycles. The minimum atomic E-state index is -4.49. The lowest BCUT2D eigenvalue weighted by Gasteiger charge is -2.03. The number of hydrogen-bond donors (Lipinski definition) is 1. The monoisotopic (exact) mass is 290 g/mol. The summed E-state index contributed by atoms with van der Waals surface area (Å²) in [5.41, 5.74) is 5.08. The Morgan fingerprint density at radius 1 is 1.16 bits per heavy atom. The quantitative estimate of drug-likeness (QED) is 0.880. The summed E-state index contributed by atoms with van der Waals surface area (Å²) in [5, 5.41) is 0.319. The van der Waals surface area contributed by atoms with E-state index in [4.69, 9.17) is 5.73 Å². The van der Waals surface area contributed by atoms with Crippen molar-refractivity contribution in [2.45, 2.75) is 19.1 Å². The van der Waals surface area contributed by atoms with E-state index in [1.165, 1.54) is 24.3 Å². The van der Waals surface area contributed by atoms with E-state index in [0.717, 1.165) is 11.3 Å². The maximum Gasteiger partial charge on any atom is 0.434 e. The van der Waals surface area contributed by atoms with Gasteiger partial charge in [0.1, 0.15) is 5.82 Å². The third kappa shape index (κ3) is 3.30. The fraction of sp³-hybridized carbons (Fsp3) is 0.250. The first-order chi connectivity index (χ1) is 8.90. The zero-order chi connectivity index (χ0) is 14.0. The lowest BCUT2D eigenvalue weighted by atomic mass is 10.1. The van der Waals surface area contributed by atoms with Crippen LogP contribution in [-0.4, -0.2) is 4.98 Å². The first-order valence-corrected chi connectivity index (χ1v) is 6.22. The number of halogens is 4. The Labute approximate surface area is 110 Å². The van der Waals surface area contributed by atoms with Crippen molar-refractivity contribution < 1.29 is 17.6 Å². The number of nitrogens with two attached hydrogens (primary N) is 1. The average Bonchev–Trinajstić information content (AvgIpc) is 2.75. The number of nitrogens with zero attached hydrogens (tertiary/aromatic N) is 1. The van der Waals surface area contributed by atoms with Crippen LogP contribution < -0.4 is 5.73 Å². The highest BCUT2D eigenvalue weighted by atomic mass is 32.1. The van der Waals surface area contributed by atoms with Crippen molar-refractivity contribution in [2.24, 2.45) is 5.73 Å². The first kappa shape index (κ1) is 14.0. The number of hydrogen-bond acceptors (Lipinski definition) is 3. The van der Waals surface area contributed by atoms with Crippen LogP contribution in [0.3, 0.4) is 0 Å². The molecule has 1 aromatic carbocycles. The maximum atomic E-state index is 12.7. The molecule has 0 aliphatic rings. The summed E-state index contributed by atoms with van der Waals surface area (Å²) in [6.07, 6.45) is -4.26. The van der Waals surface area contributed by atoms with Crippen LogP contribution in [0.25, 0.3) is 0 Å². The molecular formula is C12H10F4N2S. The molecule has 2 rings (SSSR count). The summed E-state index contributed by atoms with van der Waals surface area (Å²) < 4.78 is 50.8. The van der Waals surface area contributed by atoms with Gasteiger partial charge in [-0.3, -0.25) is 0 Å². The van der Waals surface area contributed by atoms with E-state index in [-0.39, 0.29) is 23.7 Å². The average molecular weight is 290 g/mol. The molecule has 2 N–H and O–H groups in total. The van der Waals surface area contributed by atoms with Crippen molar-refractivity contribution >= 4 is 11.3 Å². The number of benzene rings is 1. The van der Waals surface area contributed by atoms with Crippen molar-refractivity contribution in [3.8, 4) is 0 Å². The Morgan fingerprint density at radius 2 is 1.79 bits per heavy atom. The molecule has 1 aromatic heterocycles. The summed E-state index contributed by atoms with van der Waals surface area (Å²) in [6.45, 7) is -0.198. The van der Waals surface area contributed by atoms with Crippen LogP contribution in [-0.2, 0) is 19.1 Å². The smallest absolute Gasteiger partial charge is 0.326 e. The lowest BCUT2D eigenvalue weighted by Crippen LogP contribution is -2.10. The minimum Gasteiger partial charge on any atom is -0.326 e. The van der Waals surface area contributed by atoms with E-state index in [1.54, 1.807) is 0 Å². The van der Waals surface area contributed by atoms with Crippen LogP contribution in [0.5, 0.6) is 0 Å². The molecule has 19 heavy (non-hydrogen) atoms. The topological polar surface area (TPSA) is 38.9 Å². The zero-order valence-corrected chi connectivity index (χ0v) is 10.5. The summed E-state index contributed by atoms with van der Waals surface area (Å²) in [7, 11) is 0. The Bertz CT molecular complexity index is 560. The van der Waals surface area contributed by atoms with Crippen LogP contribution in [0.1, 0.15) is 21.1 Å². The van der Waals surface area contributed by atoms with Crippen LogP contribution >= 0.6 is 11.3 Å². The number of alkyl halides is 3. The fourth-order valence-corrected chi connectivity index (χ4v) is 2.61. The third-order valence-electron chi connectivity index (χ3n) is 2.46. The predicted molar refractivity (Wildman–Crippen MR) is 64.2 cm³/mol. The molecule has 0 aliphatic carbocycles. The van der Waals surface area contributed by atoms with Crippen LogP contribution in [0.4, 0.5) is 17.6 Å². The van der Waals surface area contributed by atoms with Gasteiger partial charge in [0.15, 0.2) is 5.69 Å². The normalized spacial score (nSPS) is 11.8. The molecule has 0 saturated carbocycles. The molecule has 0 unspecified atom stereocenters. The van der Waals surface area contributed by atoms with E-state index < -0.39 is 11.9 Å². The molecule has 102 valence electrons. The molecule has 0 radical (unpaired) electrons. The molecule has 0 fully saturated rings. The second-order valence-electron chi connectivity index (χ2n) is 3.88. The summed E-state index contributed by atoms with van der Waals surface area (Å²) >= 11 is 0.936. The van der Waals surface area contributed by atoms with Gasteiger partial charge in [0.05, 0.1) is 9.88 Å². The van der Waals surface area contributed by atoms with Crippen molar-refractivity contribution in [3.63, 3.8) is 0 Å². The van der Waals surface area contributed by atoms with Crippen molar-refractivity contribution in [1.29, 1.82) is 0 Å². The molecule has 0 amide bonds. The Hall–Kier alpha value is -1.47. The highest BCUT2D eigenvalue weighted by Gasteiger charge is 2.36. The number of rotatable bonds is 3. The van der Waals surface area contributed by atoms with Gasteiger partial charge in [0, 0.05) is 13.0 Å². The van der Waals surface area contributed by atoms with Crippen LogP contribution in [0.2, 0.25) is 0 Å². The number of thiazole rings is 1. The maximum absolute atomic E-state index is 12.7. The van der Waals surface area contributed by atoms with E-state index >= 15 is 0 Å². The number of aromatic nitrogens is 1. The molecule has 2 nitrogen and oxygen atoms in total. The molecule has 0 spiro atoms. The Balaban J connectivity index is 2.26. The standard InChI is InChI=1S/C12H10F4N2S/c13-8-3-1-7(2-4-8)5-10-18-11(12(14,15)16)9(6-17)19-10/h1-4H,5-6,17H2. The van der Waals surface area contributed by atoms with Crippen molar-refractivity contribution in [3.05, 3.63) is 51.2 Å². The van der Waals surface area contributed by atoms with Gasteiger partial charge >= 0.3 is 6.18 Å².